The number of halogens is 3. The van der Waals surface area contributed by atoms with Crippen LogP contribution in [0.1, 0.15) is 6.92 Å². The van der Waals surface area contributed by atoms with Crippen LogP contribution in [-0.2, 0) is 9.53 Å². The van der Waals surface area contributed by atoms with E-state index in [2.05, 4.69) is 4.99 Å². The van der Waals surface area contributed by atoms with Gasteiger partial charge in [0.05, 0.1) is 6.54 Å². The van der Waals surface area contributed by atoms with E-state index in [0.717, 1.165) is 0 Å². The minimum atomic E-state index is -1.63. The van der Waals surface area contributed by atoms with Gasteiger partial charge in [-0.1, -0.05) is 34.8 Å². The third-order valence-electron chi connectivity index (χ3n) is 1.55. The van der Waals surface area contributed by atoms with Gasteiger partial charge >= 0.3 is 6.09 Å². The zero-order chi connectivity index (χ0) is 12.6. The maximum atomic E-state index is 11.4. The molecule has 8 heteroatoms. The number of amides is 1. The van der Waals surface area contributed by atoms with E-state index in [-0.39, 0.29) is 19.7 Å². The molecule has 1 amide bonds. The second kappa shape index (κ2) is 7.74. The molecule has 92 valence electrons. The maximum absolute atomic E-state index is 11.4. The first kappa shape index (κ1) is 15.5. The summed E-state index contributed by atoms with van der Waals surface area (Å²) >= 11 is 16.3. The molecule has 5 nitrogen and oxygen atoms in total. The van der Waals surface area contributed by atoms with Gasteiger partial charge in [-0.15, -0.1) is 0 Å². The van der Waals surface area contributed by atoms with Crippen molar-refractivity contribution in [1.29, 1.82) is 0 Å². The quantitative estimate of drug-likeness (QED) is 0.443. The molecule has 0 aromatic carbocycles. The van der Waals surface area contributed by atoms with Crippen molar-refractivity contribution < 1.29 is 14.3 Å². The van der Waals surface area contributed by atoms with Crippen molar-refractivity contribution in [2.24, 2.45) is 4.99 Å². The number of alkyl halides is 3. The Kier molecular flexibility index (Phi) is 7.51. The molecule has 0 fully saturated rings. The molecule has 0 aromatic rings. The normalized spacial score (nSPS) is 10.5. The summed E-state index contributed by atoms with van der Waals surface area (Å²) in [4.78, 5) is 25.9. The lowest BCUT2D eigenvalue weighted by atomic mass is 10.5. The van der Waals surface area contributed by atoms with E-state index in [1.807, 2.05) is 0 Å². The fraction of sp³-hybridized carbons (Fsp3) is 0.750. The summed E-state index contributed by atoms with van der Waals surface area (Å²) in [6.07, 6.45) is 0.759. The Morgan fingerprint density at radius 1 is 1.50 bits per heavy atom. The molecule has 0 rings (SSSR count). The summed E-state index contributed by atoms with van der Waals surface area (Å²) in [5.74, 6) is 0. The van der Waals surface area contributed by atoms with Crippen LogP contribution in [0.4, 0.5) is 4.79 Å². The molecule has 0 atom stereocenters. The minimum Gasteiger partial charge on any atom is -0.445 e. The first-order valence-corrected chi connectivity index (χ1v) is 5.56. The first-order valence-electron chi connectivity index (χ1n) is 4.42. The average molecular weight is 290 g/mol. The summed E-state index contributed by atoms with van der Waals surface area (Å²) < 4.78 is 3.11. The minimum absolute atomic E-state index is 0.167. The van der Waals surface area contributed by atoms with E-state index in [0.29, 0.717) is 6.54 Å². The van der Waals surface area contributed by atoms with Crippen LogP contribution in [0.5, 0.6) is 0 Å². The van der Waals surface area contributed by atoms with Gasteiger partial charge in [0.2, 0.25) is 9.87 Å². The molecule has 0 radical (unpaired) electrons. The topological polar surface area (TPSA) is 59.0 Å². The van der Waals surface area contributed by atoms with E-state index in [9.17, 15) is 9.59 Å². The standard InChI is InChI=1S/C8H11Cl3N2O3/c1-2-13(4-3-12-6-14)7(15)16-5-8(9,10)11/h2-5H2,1H3. The highest BCUT2D eigenvalue weighted by Gasteiger charge is 2.23. The first-order chi connectivity index (χ1) is 7.40. The lowest BCUT2D eigenvalue weighted by Gasteiger charge is -2.20. The second-order valence-corrected chi connectivity index (χ2v) is 5.24. The number of carbonyl (C=O) groups is 1. The molecule has 16 heavy (non-hydrogen) atoms. The van der Waals surface area contributed by atoms with Gasteiger partial charge in [0.1, 0.15) is 6.61 Å². The largest absolute Gasteiger partial charge is 0.445 e. The van der Waals surface area contributed by atoms with E-state index in [4.69, 9.17) is 39.5 Å². The summed E-state index contributed by atoms with van der Waals surface area (Å²) in [5.41, 5.74) is 0. The predicted octanol–water partition coefficient (Wildman–Crippen LogP) is 2.15. The van der Waals surface area contributed by atoms with Crippen LogP contribution in [0.25, 0.3) is 0 Å². The van der Waals surface area contributed by atoms with Gasteiger partial charge in [-0.05, 0) is 6.92 Å². The summed E-state index contributed by atoms with van der Waals surface area (Å²) in [5, 5.41) is 0. The number of hydrogen-bond acceptors (Lipinski definition) is 4. The molecule has 0 saturated heterocycles. The van der Waals surface area contributed by atoms with Gasteiger partial charge in [-0.25, -0.2) is 14.6 Å². The monoisotopic (exact) mass is 288 g/mol. The van der Waals surface area contributed by atoms with Gasteiger partial charge < -0.3 is 9.64 Å². The van der Waals surface area contributed by atoms with Crippen molar-refractivity contribution >= 4 is 47.0 Å². The predicted molar refractivity (Wildman–Crippen MR) is 61.9 cm³/mol. The number of aliphatic imine (C=N–C) groups is 1. The highest BCUT2D eigenvalue weighted by Crippen LogP contribution is 2.26. The van der Waals surface area contributed by atoms with Crippen molar-refractivity contribution in [3.63, 3.8) is 0 Å². The van der Waals surface area contributed by atoms with Crippen LogP contribution in [0.2, 0.25) is 0 Å². The maximum Gasteiger partial charge on any atom is 0.409 e. The van der Waals surface area contributed by atoms with Gasteiger partial charge in [-0.2, -0.15) is 0 Å². The number of isocyanates is 1. The third kappa shape index (κ3) is 7.77. The fourth-order valence-corrected chi connectivity index (χ4v) is 0.993. The molecular formula is C8H11Cl3N2O3. The van der Waals surface area contributed by atoms with Crippen molar-refractivity contribution in [1.82, 2.24) is 4.90 Å². The smallest absolute Gasteiger partial charge is 0.409 e. The number of carbonyl (C=O) groups excluding carboxylic acids is 2. The van der Waals surface area contributed by atoms with Gasteiger partial charge in [-0.3, -0.25) is 0 Å². The SMILES string of the molecule is CCN(CCN=C=O)C(=O)OCC(Cl)(Cl)Cl. The fourth-order valence-electron chi connectivity index (χ4n) is 0.830. The van der Waals surface area contributed by atoms with E-state index < -0.39 is 9.89 Å². The molecule has 0 aliphatic rings. The van der Waals surface area contributed by atoms with E-state index in [1.54, 1.807) is 6.92 Å². The lowest BCUT2D eigenvalue weighted by Crippen LogP contribution is -2.35. The number of nitrogens with zero attached hydrogens (tertiary/aromatic N) is 2. The summed E-state index contributed by atoms with van der Waals surface area (Å²) in [6.45, 7) is 2.25. The number of rotatable bonds is 5. The highest BCUT2D eigenvalue weighted by molar-refractivity contribution is 6.67. The van der Waals surface area contributed by atoms with Crippen molar-refractivity contribution in [3.8, 4) is 0 Å². The summed E-state index contributed by atoms with van der Waals surface area (Å²) in [7, 11) is 0. The van der Waals surface area contributed by atoms with E-state index in [1.165, 1.54) is 11.0 Å². The van der Waals surface area contributed by atoms with Crippen LogP contribution in [0, 0.1) is 0 Å². The number of hydrogen-bond donors (Lipinski definition) is 0. The molecular weight excluding hydrogens is 278 g/mol. The zero-order valence-corrected chi connectivity index (χ0v) is 10.8. The Hall–Kier alpha value is -0.480. The van der Waals surface area contributed by atoms with Crippen LogP contribution in [0.3, 0.4) is 0 Å². The Morgan fingerprint density at radius 3 is 2.56 bits per heavy atom. The van der Waals surface area contributed by atoms with Crippen LogP contribution >= 0.6 is 34.8 Å². The van der Waals surface area contributed by atoms with Crippen LogP contribution in [-0.4, -0.2) is 47.1 Å². The molecule has 0 saturated carbocycles. The van der Waals surface area contributed by atoms with Gasteiger partial charge in [0.15, 0.2) is 0 Å². The molecule has 0 N–H and O–H groups in total. The average Bonchev–Trinajstić information content (AvgIpc) is 2.20. The van der Waals surface area contributed by atoms with Gasteiger partial charge in [0, 0.05) is 13.1 Å². The van der Waals surface area contributed by atoms with Crippen LogP contribution < -0.4 is 0 Å². The number of ether oxygens (including phenoxy) is 1. The van der Waals surface area contributed by atoms with Crippen molar-refractivity contribution in [3.05, 3.63) is 0 Å². The molecule has 0 heterocycles. The van der Waals surface area contributed by atoms with Gasteiger partial charge in [0.25, 0.3) is 0 Å². The zero-order valence-electron chi connectivity index (χ0n) is 8.58. The molecule has 0 aliphatic carbocycles. The third-order valence-corrected chi connectivity index (χ3v) is 1.87. The lowest BCUT2D eigenvalue weighted by molar-refractivity contribution is 0.107. The van der Waals surface area contributed by atoms with Crippen molar-refractivity contribution in [2.45, 2.75) is 10.7 Å². The number of likely N-dealkylation sites (N-methyl/N-ethyl adjacent to an activating group) is 1. The molecule has 0 spiro atoms. The van der Waals surface area contributed by atoms with Crippen molar-refractivity contribution in [2.75, 3.05) is 26.2 Å². The molecule has 0 bridgehead atoms. The molecule has 0 aliphatic heterocycles. The Morgan fingerprint density at radius 2 is 2.12 bits per heavy atom. The Balaban J connectivity index is 4.05. The molecule has 0 aromatic heterocycles. The molecule has 0 unspecified atom stereocenters. The second-order valence-electron chi connectivity index (χ2n) is 2.72. The highest BCUT2D eigenvalue weighted by atomic mass is 35.6. The summed E-state index contributed by atoms with van der Waals surface area (Å²) in [6, 6.07) is 0. The Bertz CT molecular complexity index is 274. The van der Waals surface area contributed by atoms with Crippen LogP contribution in [0.15, 0.2) is 4.99 Å². The Labute approximate surface area is 108 Å². The van der Waals surface area contributed by atoms with E-state index >= 15 is 0 Å².